The van der Waals surface area contributed by atoms with Gasteiger partial charge in [0.05, 0.1) is 10.9 Å². The third kappa shape index (κ3) is 5.70. The van der Waals surface area contributed by atoms with Crippen LogP contribution < -0.4 is 4.90 Å². The maximum atomic E-state index is 2.59. The van der Waals surface area contributed by atoms with Gasteiger partial charge in [0.15, 0.2) is 0 Å². The first-order valence-electron chi connectivity index (χ1n) is 23.7. The van der Waals surface area contributed by atoms with Crippen molar-refractivity contribution in [1.29, 1.82) is 0 Å². The van der Waals surface area contributed by atoms with E-state index < -0.39 is 5.41 Å². The van der Waals surface area contributed by atoms with Crippen LogP contribution in [0.4, 0.5) is 17.1 Å². The number of benzene rings is 10. The molecule has 0 fully saturated rings. The molecule has 0 unspecified atom stereocenters. The molecule has 320 valence electrons. The number of anilines is 3. The number of fused-ring (bicyclic) bond motifs is 13. The summed E-state index contributed by atoms with van der Waals surface area (Å²) in [7, 11) is 0. The summed E-state index contributed by atoms with van der Waals surface area (Å²) in [5, 5.41) is 6.57. The molecule has 2 aromatic heterocycles. The maximum absolute atomic E-state index is 2.59. The van der Waals surface area contributed by atoms with Gasteiger partial charge >= 0.3 is 0 Å². The average Bonchev–Trinajstić information content (AvgIpc) is 4.07. The molecular weight excluding hydrogens is 841 g/mol. The van der Waals surface area contributed by atoms with Gasteiger partial charge in [0, 0.05) is 65.0 Å². The van der Waals surface area contributed by atoms with Crippen LogP contribution in [-0.4, -0.2) is 4.57 Å². The van der Waals surface area contributed by atoms with Crippen molar-refractivity contribution in [2.24, 2.45) is 0 Å². The van der Waals surface area contributed by atoms with Crippen molar-refractivity contribution < 1.29 is 0 Å². The second-order valence-electron chi connectivity index (χ2n) is 18.2. The van der Waals surface area contributed by atoms with Gasteiger partial charge in [0.1, 0.15) is 0 Å². The first-order valence-corrected chi connectivity index (χ1v) is 24.5. The lowest BCUT2D eigenvalue weighted by Gasteiger charge is -2.35. The van der Waals surface area contributed by atoms with E-state index in [1.165, 1.54) is 103 Å². The monoisotopic (exact) mass is 884 g/mol. The molecule has 0 saturated heterocycles. The van der Waals surface area contributed by atoms with Crippen molar-refractivity contribution in [2.75, 3.05) is 4.90 Å². The molecule has 14 rings (SSSR count). The van der Waals surface area contributed by atoms with Gasteiger partial charge in [-0.2, -0.15) is 0 Å². The fraction of sp³-hybridized carbons (Fsp3) is 0.0462. The van der Waals surface area contributed by atoms with E-state index in [0.717, 1.165) is 29.9 Å². The van der Waals surface area contributed by atoms with E-state index in [0.29, 0.717) is 0 Å². The molecule has 10 aromatic carbocycles. The minimum atomic E-state index is -0.524. The van der Waals surface area contributed by atoms with Crippen LogP contribution in [0, 0.1) is 0 Å². The van der Waals surface area contributed by atoms with E-state index in [2.05, 4.69) is 252 Å². The molecule has 2 aliphatic carbocycles. The Morgan fingerprint density at radius 3 is 1.79 bits per heavy atom. The molecule has 0 spiro atoms. The van der Waals surface area contributed by atoms with Crippen LogP contribution in [0.2, 0.25) is 0 Å². The Labute approximate surface area is 400 Å². The molecule has 0 bridgehead atoms. The molecule has 3 heteroatoms. The number of hydrogen-bond acceptors (Lipinski definition) is 2. The van der Waals surface area contributed by atoms with Crippen molar-refractivity contribution in [1.82, 2.24) is 4.57 Å². The fourth-order valence-electron chi connectivity index (χ4n) is 11.9. The highest BCUT2D eigenvalue weighted by atomic mass is 32.1. The van der Waals surface area contributed by atoms with Gasteiger partial charge in [-0.3, -0.25) is 0 Å². The van der Waals surface area contributed by atoms with E-state index in [1.54, 1.807) is 0 Å². The van der Waals surface area contributed by atoms with E-state index >= 15 is 0 Å². The number of thiophene rings is 1. The number of rotatable bonds is 7. The zero-order valence-corrected chi connectivity index (χ0v) is 38.1. The van der Waals surface area contributed by atoms with Gasteiger partial charge < -0.3 is 9.47 Å². The summed E-state index contributed by atoms with van der Waals surface area (Å²) in [4.78, 5) is 2.49. The topological polar surface area (TPSA) is 8.17 Å². The van der Waals surface area contributed by atoms with Crippen LogP contribution in [0.15, 0.2) is 237 Å². The summed E-state index contributed by atoms with van der Waals surface area (Å²) in [5.41, 5.74) is 18.1. The SMILES string of the molecule is C1=Cc2c(n(-c3ccccc3)c3c2c2ccccc2c2sc4ccc(N(c5ccc(-c6ccccc6)cc5)c5ccc6c(c5)C(c5ccccc5)(c5ccccc5)c5ccccc5-6)cc4c23)CC1. The van der Waals surface area contributed by atoms with Crippen LogP contribution in [0.3, 0.4) is 0 Å². The highest BCUT2D eigenvalue weighted by Gasteiger charge is 2.46. The average molecular weight is 885 g/mol. The molecular formula is C65H44N2S. The lowest BCUT2D eigenvalue weighted by atomic mass is 9.67. The molecule has 2 aliphatic rings. The molecule has 12 aromatic rings. The Hall–Kier alpha value is -8.24. The predicted octanol–water partition coefficient (Wildman–Crippen LogP) is 17.6. The summed E-state index contributed by atoms with van der Waals surface area (Å²) in [6.07, 6.45) is 6.78. The van der Waals surface area contributed by atoms with Crippen LogP contribution >= 0.6 is 11.3 Å². The smallest absolute Gasteiger partial charge is 0.0714 e. The summed E-state index contributed by atoms with van der Waals surface area (Å²) >= 11 is 1.92. The van der Waals surface area contributed by atoms with Gasteiger partial charge in [-0.05, 0) is 117 Å². The van der Waals surface area contributed by atoms with Crippen molar-refractivity contribution >= 4 is 76.3 Å². The fourth-order valence-corrected chi connectivity index (χ4v) is 13.1. The van der Waals surface area contributed by atoms with Gasteiger partial charge in [-0.1, -0.05) is 188 Å². The van der Waals surface area contributed by atoms with E-state index in [9.17, 15) is 0 Å². The molecule has 0 atom stereocenters. The molecule has 0 aliphatic heterocycles. The standard InChI is InChI=1S/C65H44N2S/c1-5-19-43(20-6-1)44-33-35-48(36-34-44)66(50-37-39-52-51-27-15-17-31-57(51)65(58(52)42-50,45-21-7-2-8-22-45)46-23-9-3-10-24-46)49-38-40-60-56(41-49)62-63-61(53-28-13-14-29-54(53)64(62)68-60)55-30-16-18-32-59(55)67(63)47-25-11-4-12-26-47/h1-17,19-31,33-42H,18,32H2. The molecule has 2 heterocycles. The lowest BCUT2D eigenvalue weighted by molar-refractivity contribution is 0.768. The summed E-state index contributed by atoms with van der Waals surface area (Å²) in [5.74, 6) is 0. The second kappa shape index (κ2) is 15.4. The Kier molecular flexibility index (Phi) is 8.84. The number of nitrogens with zero attached hydrogens (tertiary/aromatic N) is 2. The normalized spacial score (nSPS) is 13.5. The Morgan fingerprint density at radius 2 is 1.04 bits per heavy atom. The van der Waals surface area contributed by atoms with E-state index in [1.807, 2.05) is 11.3 Å². The minimum absolute atomic E-state index is 0.524. The van der Waals surface area contributed by atoms with Gasteiger partial charge in [0.25, 0.3) is 0 Å². The highest BCUT2D eigenvalue weighted by Crippen LogP contribution is 2.58. The van der Waals surface area contributed by atoms with Crippen LogP contribution in [0.1, 0.15) is 39.9 Å². The largest absolute Gasteiger partial charge is 0.312 e. The van der Waals surface area contributed by atoms with Crippen molar-refractivity contribution in [3.8, 4) is 27.9 Å². The molecule has 0 radical (unpaired) electrons. The second-order valence-corrected chi connectivity index (χ2v) is 19.3. The zero-order valence-electron chi connectivity index (χ0n) is 37.3. The quantitative estimate of drug-likeness (QED) is 0.155. The van der Waals surface area contributed by atoms with Gasteiger partial charge in [-0.25, -0.2) is 0 Å². The summed E-state index contributed by atoms with van der Waals surface area (Å²) < 4.78 is 5.21. The first kappa shape index (κ1) is 39.0. The van der Waals surface area contributed by atoms with Gasteiger partial charge in [-0.15, -0.1) is 11.3 Å². The molecule has 0 saturated carbocycles. The third-order valence-electron chi connectivity index (χ3n) is 14.7. The maximum Gasteiger partial charge on any atom is 0.0714 e. The Bertz CT molecular complexity index is 3900. The van der Waals surface area contributed by atoms with Crippen LogP contribution in [0.25, 0.3) is 75.9 Å². The Balaban J connectivity index is 1.06. The third-order valence-corrected chi connectivity index (χ3v) is 15.9. The van der Waals surface area contributed by atoms with Crippen LogP contribution in [0.5, 0.6) is 0 Å². The van der Waals surface area contributed by atoms with E-state index in [-0.39, 0.29) is 0 Å². The number of para-hydroxylation sites is 1. The van der Waals surface area contributed by atoms with Crippen LogP contribution in [-0.2, 0) is 11.8 Å². The lowest BCUT2D eigenvalue weighted by Crippen LogP contribution is -2.28. The highest BCUT2D eigenvalue weighted by molar-refractivity contribution is 7.27. The number of hydrogen-bond donors (Lipinski definition) is 0. The van der Waals surface area contributed by atoms with Gasteiger partial charge in [0.2, 0.25) is 0 Å². The first-order chi connectivity index (χ1) is 33.8. The number of aromatic nitrogens is 1. The molecule has 68 heavy (non-hydrogen) atoms. The summed E-state index contributed by atoms with van der Waals surface area (Å²) in [6.45, 7) is 0. The predicted molar refractivity (Wildman–Crippen MR) is 288 cm³/mol. The molecule has 2 nitrogen and oxygen atoms in total. The van der Waals surface area contributed by atoms with E-state index in [4.69, 9.17) is 0 Å². The zero-order chi connectivity index (χ0) is 44.8. The van der Waals surface area contributed by atoms with Crippen molar-refractivity contribution in [2.45, 2.75) is 18.3 Å². The Morgan fingerprint density at radius 1 is 0.456 bits per heavy atom. The minimum Gasteiger partial charge on any atom is -0.312 e. The molecule has 0 amide bonds. The summed E-state index contributed by atoms with van der Waals surface area (Å²) in [6, 6.07) is 85.6. The molecule has 0 N–H and O–H groups in total. The number of allylic oxidation sites excluding steroid dienone is 1. The van der Waals surface area contributed by atoms with Crippen molar-refractivity contribution in [3.63, 3.8) is 0 Å². The van der Waals surface area contributed by atoms with Crippen molar-refractivity contribution in [3.05, 3.63) is 270 Å².